The predicted molar refractivity (Wildman–Crippen MR) is 87.7 cm³/mol. The molecular weight excluding hydrogens is 324 g/mol. The molecule has 4 heterocycles. The van der Waals surface area contributed by atoms with Gasteiger partial charge >= 0.3 is 0 Å². The fourth-order valence-electron chi connectivity index (χ4n) is 3.31. The molecule has 2 aliphatic heterocycles. The molecule has 1 amide bonds. The summed E-state index contributed by atoms with van der Waals surface area (Å²) in [6.45, 7) is 2.10. The third kappa shape index (κ3) is 2.91. The van der Waals surface area contributed by atoms with Gasteiger partial charge in [-0.3, -0.25) is 4.79 Å². The normalized spacial score (nSPS) is 22.4. The molecule has 2 aromatic heterocycles. The first-order valence-corrected chi connectivity index (χ1v) is 8.21. The number of nitrogens with zero attached hydrogens (tertiary/aromatic N) is 6. The minimum Gasteiger partial charge on any atom is -0.484 e. The van der Waals surface area contributed by atoms with Crippen LogP contribution in [0.1, 0.15) is 16.5 Å². The number of likely N-dealkylation sites (N-methyl/N-ethyl adjacent to an activating group) is 1. The van der Waals surface area contributed by atoms with Crippen molar-refractivity contribution in [1.82, 2.24) is 29.8 Å². The lowest BCUT2D eigenvalue weighted by atomic mass is 10.1. The van der Waals surface area contributed by atoms with Crippen LogP contribution in [0.4, 0.5) is 0 Å². The summed E-state index contributed by atoms with van der Waals surface area (Å²) < 4.78 is 12.8. The first kappa shape index (κ1) is 15.8. The van der Waals surface area contributed by atoms with E-state index in [1.54, 1.807) is 23.2 Å². The average molecular weight is 344 g/mol. The summed E-state index contributed by atoms with van der Waals surface area (Å²) in [5.74, 6) is 0.843. The molecule has 2 atom stereocenters. The Bertz CT molecular complexity index is 763. The second-order valence-electron chi connectivity index (χ2n) is 6.39. The van der Waals surface area contributed by atoms with Crippen LogP contribution in [0.5, 0.6) is 11.6 Å². The lowest BCUT2D eigenvalue weighted by Crippen LogP contribution is -2.37. The number of likely N-dealkylation sites (tertiary alicyclic amines) is 1. The van der Waals surface area contributed by atoms with E-state index in [-0.39, 0.29) is 18.0 Å². The Balaban J connectivity index is 1.56. The third-order valence-corrected chi connectivity index (χ3v) is 4.61. The van der Waals surface area contributed by atoms with E-state index in [2.05, 4.69) is 20.2 Å². The van der Waals surface area contributed by atoms with Crippen LogP contribution in [0.3, 0.4) is 0 Å². The van der Waals surface area contributed by atoms with Crippen LogP contribution in [0.2, 0.25) is 0 Å². The fourth-order valence-corrected chi connectivity index (χ4v) is 3.31. The first-order chi connectivity index (χ1) is 12.1. The molecule has 0 saturated carbocycles. The van der Waals surface area contributed by atoms with Crippen molar-refractivity contribution in [3.63, 3.8) is 0 Å². The van der Waals surface area contributed by atoms with Crippen molar-refractivity contribution in [2.75, 3.05) is 40.4 Å². The van der Waals surface area contributed by atoms with Crippen molar-refractivity contribution in [2.45, 2.75) is 12.1 Å². The third-order valence-electron chi connectivity index (χ3n) is 4.61. The van der Waals surface area contributed by atoms with Crippen LogP contribution in [-0.2, 0) is 0 Å². The number of carbonyl (C=O) groups excluding carboxylic acids is 1. The fraction of sp³-hybridized carbons (Fsp3) is 0.500. The molecule has 0 aromatic carbocycles. The van der Waals surface area contributed by atoms with E-state index < -0.39 is 0 Å². The number of hydrogen-bond donors (Lipinski definition) is 0. The van der Waals surface area contributed by atoms with Crippen molar-refractivity contribution < 1.29 is 14.3 Å². The Labute approximate surface area is 145 Å². The summed E-state index contributed by atoms with van der Waals surface area (Å²) in [5.41, 5.74) is 0.362. The molecule has 9 nitrogen and oxygen atoms in total. The zero-order chi connectivity index (χ0) is 17.4. The first-order valence-electron chi connectivity index (χ1n) is 8.21. The maximum atomic E-state index is 12.9. The molecule has 0 unspecified atom stereocenters. The summed E-state index contributed by atoms with van der Waals surface area (Å²) >= 11 is 0. The van der Waals surface area contributed by atoms with Gasteiger partial charge in [0, 0.05) is 19.3 Å². The molecule has 0 aliphatic carbocycles. The number of amides is 1. The summed E-state index contributed by atoms with van der Waals surface area (Å²) in [4.78, 5) is 21.2. The molecule has 1 fully saturated rings. The zero-order valence-corrected chi connectivity index (χ0v) is 14.2. The van der Waals surface area contributed by atoms with Gasteiger partial charge in [-0.05, 0) is 26.2 Å². The van der Waals surface area contributed by atoms with E-state index >= 15 is 0 Å². The number of fused-ring (bicyclic) bond motifs is 1. The molecule has 2 aliphatic rings. The van der Waals surface area contributed by atoms with Crippen LogP contribution in [0, 0.1) is 0 Å². The Hall–Kier alpha value is -2.68. The number of ether oxygens (including phenoxy) is 2. The molecule has 0 bridgehead atoms. The van der Waals surface area contributed by atoms with Crippen LogP contribution < -0.4 is 9.47 Å². The number of hydrogen-bond acceptors (Lipinski definition) is 7. The summed E-state index contributed by atoms with van der Waals surface area (Å²) in [5, 5.41) is 7.99. The van der Waals surface area contributed by atoms with Gasteiger partial charge in [-0.2, -0.15) is 0 Å². The molecule has 1 saturated heterocycles. The highest BCUT2D eigenvalue weighted by Crippen LogP contribution is 2.29. The van der Waals surface area contributed by atoms with Crippen LogP contribution in [0.25, 0.3) is 0 Å². The van der Waals surface area contributed by atoms with E-state index in [1.807, 2.05) is 25.0 Å². The molecule has 0 N–H and O–H groups in total. The van der Waals surface area contributed by atoms with Crippen molar-refractivity contribution >= 4 is 5.91 Å². The molecule has 4 rings (SSSR count). The largest absolute Gasteiger partial charge is 0.484 e. The van der Waals surface area contributed by atoms with Crippen molar-refractivity contribution in [1.29, 1.82) is 0 Å². The van der Waals surface area contributed by atoms with Crippen LogP contribution in [0.15, 0.2) is 24.5 Å². The van der Waals surface area contributed by atoms with Crippen molar-refractivity contribution in [3.05, 3.63) is 30.2 Å². The monoisotopic (exact) mass is 344 g/mol. The Kier molecular flexibility index (Phi) is 4.00. The van der Waals surface area contributed by atoms with Crippen LogP contribution >= 0.6 is 0 Å². The minimum atomic E-state index is -0.119. The summed E-state index contributed by atoms with van der Waals surface area (Å²) in [7, 11) is 4.01. The highest BCUT2D eigenvalue weighted by atomic mass is 16.6. The molecular formula is C16H20N6O3. The number of rotatable bonds is 3. The summed E-state index contributed by atoms with van der Waals surface area (Å²) in [6.07, 6.45) is 3.48. The lowest BCUT2D eigenvalue weighted by Gasteiger charge is -2.24. The molecule has 132 valence electrons. The highest BCUT2D eigenvalue weighted by Gasteiger charge is 2.39. The maximum absolute atomic E-state index is 12.9. The quantitative estimate of drug-likeness (QED) is 0.779. The molecule has 9 heteroatoms. The Morgan fingerprint density at radius 2 is 2.08 bits per heavy atom. The van der Waals surface area contributed by atoms with Gasteiger partial charge in [-0.15, -0.1) is 5.10 Å². The van der Waals surface area contributed by atoms with E-state index in [0.717, 1.165) is 0 Å². The van der Waals surface area contributed by atoms with Gasteiger partial charge < -0.3 is 19.3 Å². The maximum Gasteiger partial charge on any atom is 0.272 e. The van der Waals surface area contributed by atoms with Crippen LogP contribution in [-0.4, -0.2) is 82.1 Å². The van der Waals surface area contributed by atoms with E-state index in [1.165, 1.54) is 0 Å². The van der Waals surface area contributed by atoms with Gasteiger partial charge in [0.15, 0.2) is 5.75 Å². The zero-order valence-electron chi connectivity index (χ0n) is 14.2. The van der Waals surface area contributed by atoms with Gasteiger partial charge in [-0.25, -0.2) is 9.67 Å². The smallest absolute Gasteiger partial charge is 0.272 e. The minimum absolute atomic E-state index is 0.0543. The lowest BCUT2D eigenvalue weighted by molar-refractivity contribution is 0.0772. The van der Waals surface area contributed by atoms with Crippen molar-refractivity contribution in [3.8, 4) is 11.6 Å². The molecule has 25 heavy (non-hydrogen) atoms. The predicted octanol–water partition coefficient (Wildman–Crippen LogP) is 0.0716. The SMILES string of the molecule is CN(C)[C@@H]1CN(C(=O)c2ccc3c(n2)OCCO3)C[C@@H]1n1ccnn1. The molecule has 2 aromatic rings. The Morgan fingerprint density at radius 3 is 2.84 bits per heavy atom. The Morgan fingerprint density at radius 1 is 1.24 bits per heavy atom. The highest BCUT2D eigenvalue weighted by molar-refractivity contribution is 5.93. The van der Waals surface area contributed by atoms with Gasteiger partial charge in [0.25, 0.3) is 11.8 Å². The van der Waals surface area contributed by atoms with Gasteiger partial charge in [0.05, 0.1) is 18.3 Å². The number of carbonyl (C=O) groups is 1. The number of pyridine rings is 1. The second-order valence-corrected chi connectivity index (χ2v) is 6.39. The van der Waals surface area contributed by atoms with E-state index in [4.69, 9.17) is 9.47 Å². The molecule has 0 spiro atoms. The molecule has 0 radical (unpaired) electrons. The van der Waals surface area contributed by atoms with Gasteiger partial charge in [-0.1, -0.05) is 5.21 Å². The van der Waals surface area contributed by atoms with E-state index in [0.29, 0.717) is 43.6 Å². The topological polar surface area (TPSA) is 85.6 Å². The van der Waals surface area contributed by atoms with E-state index in [9.17, 15) is 4.79 Å². The average Bonchev–Trinajstić information content (AvgIpc) is 3.30. The summed E-state index contributed by atoms with van der Waals surface area (Å²) in [6, 6.07) is 3.63. The van der Waals surface area contributed by atoms with Gasteiger partial charge in [0.1, 0.15) is 18.9 Å². The second kappa shape index (κ2) is 6.32. The number of aromatic nitrogens is 4. The van der Waals surface area contributed by atoms with Gasteiger partial charge in [0.2, 0.25) is 0 Å². The standard InChI is InChI=1S/C16H20N6O3/c1-20(2)12-9-21(10-13(12)22-6-5-17-19-22)16(23)11-3-4-14-15(18-11)25-8-7-24-14/h3-6,12-13H,7-10H2,1-2H3/t12-,13+/m1/s1. The van der Waals surface area contributed by atoms with Crippen molar-refractivity contribution in [2.24, 2.45) is 0 Å².